The molecular weight excluding hydrogens is 258 g/mol. The number of nitrogens with one attached hydrogen (secondary N) is 1. The smallest absolute Gasteiger partial charge is 0.108 e. The largest absolute Gasteiger partial charge is 0.396 e. The summed E-state index contributed by atoms with van der Waals surface area (Å²) in [5, 5.41) is 41.6. The Balaban J connectivity index is 1.78. The van der Waals surface area contributed by atoms with Crippen LogP contribution in [0.4, 0.5) is 0 Å². The molecule has 1 aromatic carbocycles. The average molecular weight is 281 g/mol. The predicted molar refractivity (Wildman–Crippen MR) is 75.1 cm³/mol. The lowest BCUT2D eigenvalue weighted by molar-refractivity contribution is -0.0311. The van der Waals surface area contributed by atoms with E-state index in [9.17, 15) is 20.4 Å². The van der Waals surface area contributed by atoms with Crippen LogP contribution in [0.2, 0.25) is 0 Å². The third-order valence-corrected chi connectivity index (χ3v) is 4.04. The first kappa shape index (κ1) is 15.4. The molecule has 5 heteroatoms. The quantitative estimate of drug-likeness (QED) is 0.444. The minimum atomic E-state index is -1.20. The third kappa shape index (κ3) is 3.37. The summed E-state index contributed by atoms with van der Waals surface area (Å²) in [5.41, 5.74) is 1.25. The average Bonchev–Trinajstić information content (AvgIpc) is 2.68. The first-order valence-corrected chi connectivity index (χ1v) is 7.07. The summed E-state index contributed by atoms with van der Waals surface area (Å²) >= 11 is 0. The first-order chi connectivity index (χ1) is 9.65. The lowest BCUT2D eigenvalue weighted by Crippen LogP contribution is -2.44. The van der Waals surface area contributed by atoms with E-state index >= 15 is 0 Å². The van der Waals surface area contributed by atoms with E-state index in [4.69, 9.17) is 0 Å². The van der Waals surface area contributed by atoms with Crippen molar-refractivity contribution in [3.05, 3.63) is 35.9 Å². The number of hydrogen-bond donors (Lipinski definition) is 5. The van der Waals surface area contributed by atoms with Gasteiger partial charge in [-0.05, 0) is 24.9 Å². The van der Waals surface area contributed by atoms with Gasteiger partial charge in [-0.25, -0.2) is 0 Å². The molecule has 0 heterocycles. The van der Waals surface area contributed by atoms with Crippen LogP contribution >= 0.6 is 0 Å². The number of hydrogen-bond acceptors (Lipinski definition) is 5. The zero-order valence-electron chi connectivity index (χ0n) is 11.4. The Kier molecular flexibility index (Phi) is 5.51. The molecule has 0 unspecified atom stereocenters. The van der Waals surface area contributed by atoms with Gasteiger partial charge in [0.2, 0.25) is 0 Å². The Morgan fingerprint density at radius 1 is 0.950 bits per heavy atom. The van der Waals surface area contributed by atoms with Gasteiger partial charge in [-0.1, -0.05) is 30.3 Å². The van der Waals surface area contributed by atoms with Crippen LogP contribution in [0.15, 0.2) is 30.3 Å². The molecule has 0 aromatic heterocycles. The van der Waals surface area contributed by atoms with Gasteiger partial charge in [0.1, 0.15) is 6.10 Å². The van der Waals surface area contributed by atoms with Gasteiger partial charge in [-0.3, -0.25) is 0 Å². The van der Waals surface area contributed by atoms with Crippen molar-refractivity contribution >= 4 is 0 Å². The van der Waals surface area contributed by atoms with Gasteiger partial charge in [-0.2, -0.15) is 0 Å². The third-order valence-electron chi connectivity index (χ3n) is 4.04. The van der Waals surface area contributed by atoms with Crippen LogP contribution in [0.5, 0.6) is 0 Å². The molecule has 0 saturated heterocycles. The number of rotatable bonds is 6. The van der Waals surface area contributed by atoms with Gasteiger partial charge in [0.05, 0.1) is 18.8 Å². The molecule has 5 atom stereocenters. The molecule has 1 aliphatic rings. The molecule has 0 bridgehead atoms. The summed E-state index contributed by atoms with van der Waals surface area (Å²) in [6.45, 7) is 0.401. The van der Waals surface area contributed by atoms with E-state index in [-0.39, 0.29) is 6.61 Å². The van der Waals surface area contributed by atoms with Crippen molar-refractivity contribution in [3.8, 4) is 0 Å². The Labute approximate surface area is 118 Å². The molecular formula is C15H23NO4. The van der Waals surface area contributed by atoms with Crippen molar-refractivity contribution in [2.24, 2.45) is 5.92 Å². The maximum absolute atomic E-state index is 9.86. The zero-order chi connectivity index (χ0) is 14.5. The van der Waals surface area contributed by atoms with Crippen LogP contribution in [0.3, 0.4) is 0 Å². The first-order valence-electron chi connectivity index (χ1n) is 7.07. The number of aryl methyl sites for hydroxylation is 1. The van der Waals surface area contributed by atoms with Crippen molar-refractivity contribution in [2.75, 3.05) is 13.2 Å². The minimum Gasteiger partial charge on any atom is -0.396 e. The summed E-state index contributed by atoms with van der Waals surface area (Å²) in [7, 11) is 0. The van der Waals surface area contributed by atoms with Crippen LogP contribution < -0.4 is 5.32 Å². The molecule has 5 nitrogen and oxygen atoms in total. The summed E-state index contributed by atoms with van der Waals surface area (Å²) in [4.78, 5) is 0. The van der Waals surface area contributed by atoms with Gasteiger partial charge >= 0.3 is 0 Å². The molecule has 0 radical (unpaired) electrons. The molecule has 1 aliphatic carbocycles. The highest BCUT2D eigenvalue weighted by atomic mass is 16.4. The molecule has 1 aromatic rings. The van der Waals surface area contributed by atoms with Crippen LogP contribution in [-0.2, 0) is 6.42 Å². The van der Waals surface area contributed by atoms with Gasteiger partial charge in [-0.15, -0.1) is 0 Å². The topological polar surface area (TPSA) is 93.0 Å². The Hall–Kier alpha value is -0.980. The highest BCUT2D eigenvalue weighted by molar-refractivity contribution is 5.14. The number of aliphatic hydroxyl groups excluding tert-OH is 4. The van der Waals surface area contributed by atoms with E-state index in [0.717, 1.165) is 12.8 Å². The van der Waals surface area contributed by atoms with Crippen LogP contribution in [0.1, 0.15) is 12.0 Å². The minimum absolute atomic E-state index is 0.258. The number of benzene rings is 1. The van der Waals surface area contributed by atoms with E-state index in [1.165, 1.54) is 5.56 Å². The van der Waals surface area contributed by atoms with Gasteiger partial charge < -0.3 is 25.7 Å². The van der Waals surface area contributed by atoms with E-state index < -0.39 is 30.3 Å². The van der Waals surface area contributed by atoms with Crippen molar-refractivity contribution in [2.45, 2.75) is 37.2 Å². The lowest BCUT2D eigenvalue weighted by Gasteiger charge is -2.22. The van der Waals surface area contributed by atoms with Crippen molar-refractivity contribution in [3.63, 3.8) is 0 Å². The molecule has 112 valence electrons. The number of aliphatic hydroxyl groups is 4. The summed E-state index contributed by atoms with van der Waals surface area (Å²) in [6, 6.07) is 9.63. The van der Waals surface area contributed by atoms with Crippen LogP contribution in [0, 0.1) is 5.92 Å². The highest BCUT2D eigenvalue weighted by Gasteiger charge is 2.47. The normalized spacial score (nSPS) is 33.5. The molecule has 1 fully saturated rings. The molecule has 0 aliphatic heterocycles. The Morgan fingerprint density at radius 2 is 1.65 bits per heavy atom. The second-order valence-corrected chi connectivity index (χ2v) is 5.39. The zero-order valence-corrected chi connectivity index (χ0v) is 11.4. The second-order valence-electron chi connectivity index (χ2n) is 5.39. The van der Waals surface area contributed by atoms with Gasteiger partial charge in [0, 0.05) is 12.0 Å². The van der Waals surface area contributed by atoms with Crippen LogP contribution in [-0.4, -0.2) is 57.9 Å². The lowest BCUT2D eigenvalue weighted by atomic mass is 10.0. The highest BCUT2D eigenvalue weighted by Crippen LogP contribution is 2.27. The monoisotopic (exact) mass is 281 g/mol. The Morgan fingerprint density at radius 3 is 2.30 bits per heavy atom. The van der Waals surface area contributed by atoms with E-state index in [0.29, 0.717) is 6.54 Å². The summed E-state index contributed by atoms with van der Waals surface area (Å²) in [6.07, 6.45) is -1.51. The van der Waals surface area contributed by atoms with Gasteiger partial charge in [0.25, 0.3) is 0 Å². The fourth-order valence-electron chi connectivity index (χ4n) is 2.83. The molecule has 5 N–H and O–H groups in total. The second kappa shape index (κ2) is 7.15. The van der Waals surface area contributed by atoms with E-state index in [2.05, 4.69) is 17.4 Å². The van der Waals surface area contributed by atoms with Crippen molar-refractivity contribution < 1.29 is 20.4 Å². The maximum atomic E-state index is 9.86. The fraction of sp³-hybridized carbons (Fsp3) is 0.600. The maximum Gasteiger partial charge on any atom is 0.108 e. The van der Waals surface area contributed by atoms with Crippen molar-refractivity contribution in [1.82, 2.24) is 5.32 Å². The SMILES string of the molecule is OC[C@@H]1[C@H](O)[C@H](O)[C@@H](O)[C@@H]1NCCCc1ccccc1. The molecule has 0 spiro atoms. The molecule has 2 rings (SSSR count). The predicted octanol–water partition coefficient (Wildman–Crippen LogP) is -0.718. The van der Waals surface area contributed by atoms with E-state index in [1.54, 1.807) is 0 Å². The summed E-state index contributed by atoms with van der Waals surface area (Å²) in [5.74, 6) is -0.531. The molecule has 20 heavy (non-hydrogen) atoms. The van der Waals surface area contributed by atoms with Crippen molar-refractivity contribution in [1.29, 1.82) is 0 Å². The molecule has 0 amide bonds. The fourth-order valence-corrected chi connectivity index (χ4v) is 2.83. The Bertz CT molecular complexity index is 400. The van der Waals surface area contributed by atoms with E-state index in [1.807, 2.05) is 18.2 Å². The standard InChI is InChI=1S/C15H23NO4/c17-9-11-12(14(19)15(20)13(11)18)16-8-4-7-10-5-2-1-3-6-10/h1-3,5-6,11-20H,4,7-9H2/t11-,12+,13-,14-,15-/m0/s1. The van der Waals surface area contributed by atoms with Gasteiger partial charge in [0.15, 0.2) is 0 Å². The van der Waals surface area contributed by atoms with Crippen LogP contribution in [0.25, 0.3) is 0 Å². The molecule has 1 saturated carbocycles. The summed E-state index contributed by atoms with van der Waals surface area (Å²) < 4.78 is 0.